The molecule has 0 amide bonds. The fourth-order valence-electron chi connectivity index (χ4n) is 1.47. The molecule has 0 atom stereocenters. The third kappa shape index (κ3) is 2.51. The van der Waals surface area contributed by atoms with E-state index in [1.165, 1.54) is 11.2 Å². The zero-order valence-electron chi connectivity index (χ0n) is 8.88. The molecule has 1 aromatic rings. The molecule has 0 N–H and O–H groups in total. The SMILES string of the molecule is [CH2]CC[SiH2]c1cccc(OC)c1OC. The average molecular weight is 209 g/mol. The lowest BCUT2D eigenvalue weighted by molar-refractivity contribution is 0.357. The van der Waals surface area contributed by atoms with Crippen LogP contribution in [0, 0.1) is 6.92 Å². The lowest BCUT2D eigenvalue weighted by Crippen LogP contribution is -2.16. The van der Waals surface area contributed by atoms with Crippen LogP contribution in [0.25, 0.3) is 0 Å². The number of benzene rings is 1. The highest BCUT2D eigenvalue weighted by Crippen LogP contribution is 2.23. The van der Waals surface area contributed by atoms with E-state index in [2.05, 4.69) is 13.0 Å². The first-order valence-electron chi connectivity index (χ1n) is 4.82. The molecule has 1 rings (SSSR count). The highest BCUT2D eigenvalue weighted by molar-refractivity contribution is 6.54. The Labute approximate surface area is 88.1 Å². The van der Waals surface area contributed by atoms with E-state index in [0.29, 0.717) is 0 Å². The Kier molecular flexibility index (Phi) is 4.53. The van der Waals surface area contributed by atoms with Crippen molar-refractivity contribution in [1.29, 1.82) is 0 Å². The van der Waals surface area contributed by atoms with Crippen molar-refractivity contribution in [2.24, 2.45) is 0 Å². The van der Waals surface area contributed by atoms with E-state index in [9.17, 15) is 0 Å². The van der Waals surface area contributed by atoms with E-state index in [-0.39, 0.29) is 9.52 Å². The zero-order valence-corrected chi connectivity index (χ0v) is 10.3. The summed E-state index contributed by atoms with van der Waals surface area (Å²) in [5.41, 5.74) is 0. The van der Waals surface area contributed by atoms with Crippen molar-refractivity contribution < 1.29 is 9.47 Å². The highest BCUT2D eigenvalue weighted by atomic mass is 28.2. The van der Waals surface area contributed by atoms with Crippen LogP contribution in [0.4, 0.5) is 0 Å². The van der Waals surface area contributed by atoms with Gasteiger partial charge < -0.3 is 9.47 Å². The van der Waals surface area contributed by atoms with E-state index < -0.39 is 0 Å². The maximum absolute atomic E-state index is 5.35. The Balaban J connectivity index is 2.90. The fraction of sp³-hybridized carbons (Fsp3) is 0.364. The number of rotatable bonds is 5. The Hall–Kier alpha value is -0.963. The van der Waals surface area contributed by atoms with Gasteiger partial charge in [-0.3, -0.25) is 0 Å². The van der Waals surface area contributed by atoms with E-state index >= 15 is 0 Å². The van der Waals surface area contributed by atoms with Crippen molar-refractivity contribution in [2.75, 3.05) is 14.2 Å². The number of ether oxygens (including phenoxy) is 2. The maximum Gasteiger partial charge on any atom is 0.160 e. The topological polar surface area (TPSA) is 18.5 Å². The van der Waals surface area contributed by atoms with Crippen LogP contribution in [0.1, 0.15) is 6.42 Å². The molecule has 0 aromatic heterocycles. The molecule has 0 saturated heterocycles. The molecule has 77 valence electrons. The first kappa shape index (κ1) is 11.1. The predicted octanol–water partition coefficient (Wildman–Crippen LogP) is 1.14. The summed E-state index contributed by atoms with van der Waals surface area (Å²) in [5.74, 6) is 1.75. The number of hydrogen-bond acceptors (Lipinski definition) is 2. The molecule has 0 saturated carbocycles. The molecular weight excluding hydrogens is 192 g/mol. The minimum Gasteiger partial charge on any atom is -0.493 e. The number of methoxy groups -OCH3 is 2. The Morgan fingerprint density at radius 3 is 2.64 bits per heavy atom. The van der Waals surface area contributed by atoms with Crippen LogP contribution >= 0.6 is 0 Å². The van der Waals surface area contributed by atoms with Crippen molar-refractivity contribution in [1.82, 2.24) is 0 Å². The largest absolute Gasteiger partial charge is 0.493 e. The molecule has 0 aliphatic heterocycles. The van der Waals surface area contributed by atoms with Crippen LogP contribution in [-0.2, 0) is 0 Å². The van der Waals surface area contributed by atoms with E-state index in [1.54, 1.807) is 14.2 Å². The molecule has 0 spiro atoms. The summed E-state index contributed by atoms with van der Waals surface area (Å²) in [6.45, 7) is 3.86. The summed E-state index contributed by atoms with van der Waals surface area (Å²) in [4.78, 5) is 0. The number of para-hydroxylation sites is 1. The maximum atomic E-state index is 5.35. The van der Waals surface area contributed by atoms with Gasteiger partial charge in [-0.25, -0.2) is 0 Å². The summed E-state index contributed by atoms with van der Waals surface area (Å²) in [5, 5.41) is 1.33. The first-order valence-corrected chi connectivity index (χ1v) is 6.53. The predicted molar refractivity (Wildman–Crippen MR) is 62.5 cm³/mol. The smallest absolute Gasteiger partial charge is 0.160 e. The van der Waals surface area contributed by atoms with Gasteiger partial charge in [0.2, 0.25) is 0 Å². The molecular formula is C11H17O2Si. The molecule has 3 heteroatoms. The molecule has 0 fully saturated rings. The lowest BCUT2D eigenvalue weighted by atomic mass is 10.3. The van der Waals surface area contributed by atoms with Crippen LogP contribution in [-0.4, -0.2) is 23.7 Å². The van der Waals surface area contributed by atoms with E-state index in [0.717, 1.165) is 17.9 Å². The summed E-state index contributed by atoms with van der Waals surface area (Å²) in [7, 11) is 3.12. The van der Waals surface area contributed by atoms with Crippen molar-refractivity contribution in [3.8, 4) is 11.5 Å². The summed E-state index contributed by atoms with van der Waals surface area (Å²) in [6, 6.07) is 7.29. The standard InChI is InChI=1S/C11H17O2Si/c1-4-8-14-10-7-5-6-9(12-2)11(10)13-3/h5-7H,1,4,8,14H2,2-3H3. The Morgan fingerprint density at radius 2 is 2.07 bits per heavy atom. The van der Waals surface area contributed by atoms with Crippen LogP contribution in [0.15, 0.2) is 18.2 Å². The van der Waals surface area contributed by atoms with Crippen molar-refractivity contribution in [2.45, 2.75) is 12.5 Å². The molecule has 14 heavy (non-hydrogen) atoms. The van der Waals surface area contributed by atoms with Crippen LogP contribution in [0.5, 0.6) is 11.5 Å². The molecule has 0 bridgehead atoms. The third-order valence-electron chi connectivity index (χ3n) is 2.18. The molecule has 2 nitrogen and oxygen atoms in total. The van der Waals surface area contributed by atoms with E-state index in [1.807, 2.05) is 12.1 Å². The molecule has 0 heterocycles. The first-order chi connectivity index (χ1) is 6.83. The highest BCUT2D eigenvalue weighted by Gasteiger charge is 2.08. The molecule has 0 aliphatic rings. The van der Waals surface area contributed by atoms with Gasteiger partial charge in [0.25, 0.3) is 0 Å². The second-order valence-electron chi connectivity index (χ2n) is 3.11. The third-order valence-corrected chi connectivity index (χ3v) is 4.13. The second kappa shape index (κ2) is 5.70. The van der Waals surface area contributed by atoms with Crippen molar-refractivity contribution in [3.05, 3.63) is 25.1 Å². The molecule has 1 aromatic carbocycles. The Bertz CT molecular complexity index is 287. The lowest BCUT2D eigenvalue weighted by Gasteiger charge is -2.11. The summed E-state index contributed by atoms with van der Waals surface area (Å²) in [6.07, 6.45) is 1.01. The van der Waals surface area contributed by atoms with Gasteiger partial charge in [0.15, 0.2) is 11.5 Å². The average Bonchev–Trinajstić information content (AvgIpc) is 2.25. The van der Waals surface area contributed by atoms with Crippen LogP contribution < -0.4 is 14.7 Å². The van der Waals surface area contributed by atoms with Gasteiger partial charge in [-0.2, -0.15) is 0 Å². The van der Waals surface area contributed by atoms with Crippen LogP contribution in [0.2, 0.25) is 6.04 Å². The van der Waals surface area contributed by atoms with Crippen molar-refractivity contribution >= 4 is 14.7 Å². The Morgan fingerprint density at radius 1 is 1.29 bits per heavy atom. The quantitative estimate of drug-likeness (QED) is 0.677. The second-order valence-corrected chi connectivity index (χ2v) is 5.08. The minimum absolute atomic E-state index is 0.250. The van der Waals surface area contributed by atoms with Gasteiger partial charge in [-0.15, -0.1) is 0 Å². The van der Waals surface area contributed by atoms with Crippen molar-refractivity contribution in [3.63, 3.8) is 0 Å². The van der Waals surface area contributed by atoms with Crippen LogP contribution in [0.3, 0.4) is 0 Å². The summed E-state index contributed by atoms with van der Waals surface area (Å²) >= 11 is 0. The summed E-state index contributed by atoms with van der Waals surface area (Å²) < 4.78 is 10.6. The van der Waals surface area contributed by atoms with E-state index in [4.69, 9.17) is 9.47 Å². The van der Waals surface area contributed by atoms with Gasteiger partial charge in [-0.1, -0.05) is 31.5 Å². The molecule has 0 aliphatic carbocycles. The zero-order chi connectivity index (χ0) is 10.4. The van der Waals surface area contributed by atoms with Gasteiger partial charge in [0.1, 0.15) is 0 Å². The minimum atomic E-state index is -0.250. The van der Waals surface area contributed by atoms with Gasteiger partial charge in [0.05, 0.1) is 23.7 Å². The van der Waals surface area contributed by atoms with Gasteiger partial charge in [-0.05, 0) is 11.3 Å². The fourth-order valence-corrected chi connectivity index (χ4v) is 2.95. The number of hydrogen-bond donors (Lipinski definition) is 0. The monoisotopic (exact) mass is 209 g/mol. The normalized spacial score (nSPS) is 10.8. The molecule has 0 unspecified atom stereocenters. The van der Waals surface area contributed by atoms with Gasteiger partial charge >= 0.3 is 0 Å². The molecule has 1 radical (unpaired) electrons. The van der Waals surface area contributed by atoms with Gasteiger partial charge in [0, 0.05) is 0 Å².